The third-order valence-corrected chi connectivity index (χ3v) is 6.52. The summed E-state index contributed by atoms with van der Waals surface area (Å²) in [6.07, 6.45) is 0.328. The molecule has 7 heteroatoms. The molecular weight excluding hydrogens is 492 g/mol. The Morgan fingerprint density at radius 1 is 1.06 bits per heavy atom. The number of H-pyrrole nitrogens is 1. The molecule has 4 aromatic rings. The number of hydrogen-bond acceptors (Lipinski definition) is 3. The first-order chi connectivity index (χ1) is 15.5. The molecule has 1 amide bonds. The summed E-state index contributed by atoms with van der Waals surface area (Å²) in [5, 5.41) is 1.81. The Balaban J connectivity index is 1.55. The summed E-state index contributed by atoms with van der Waals surface area (Å²) in [5.74, 6) is 1.17. The number of carbonyl (C=O) groups is 1. The molecule has 32 heavy (non-hydrogen) atoms. The van der Waals surface area contributed by atoms with Gasteiger partial charge < -0.3 is 14.5 Å². The highest BCUT2D eigenvalue weighted by atomic mass is 79.9. The second kappa shape index (κ2) is 8.52. The fourth-order valence-corrected chi connectivity index (χ4v) is 4.74. The van der Waals surface area contributed by atoms with E-state index in [1.807, 2.05) is 30.3 Å². The van der Waals surface area contributed by atoms with Crippen LogP contribution in [0.1, 0.15) is 22.9 Å². The van der Waals surface area contributed by atoms with Crippen molar-refractivity contribution in [2.45, 2.75) is 12.5 Å². The second-order valence-electron chi connectivity index (χ2n) is 7.65. The van der Waals surface area contributed by atoms with Gasteiger partial charge in [-0.05, 0) is 72.1 Å². The molecule has 0 radical (unpaired) electrons. The Kier molecular flexibility index (Phi) is 5.57. The zero-order chi connectivity index (χ0) is 22.2. The van der Waals surface area contributed by atoms with E-state index in [-0.39, 0.29) is 6.04 Å². The SMILES string of the molecule is COc1ccc(OC(=O)N2CCc3c([nH]c4ccc(Br)cc34)[C@@H]2c2ccc(Cl)cc2)cc1. The number of ether oxygens (including phenoxy) is 2. The lowest BCUT2D eigenvalue weighted by Crippen LogP contribution is -2.42. The predicted molar refractivity (Wildman–Crippen MR) is 129 cm³/mol. The molecule has 0 aliphatic carbocycles. The number of benzene rings is 3. The van der Waals surface area contributed by atoms with Crippen molar-refractivity contribution >= 4 is 44.5 Å². The molecule has 162 valence electrons. The van der Waals surface area contributed by atoms with E-state index in [1.165, 1.54) is 5.56 Å². The minimum absolute atomic E-state index is 0.312. The van der Waals surface area contributed by atoms with E-state index in [2.05, 4.69) is 33.0 Å². The van der Waals surface area contributed by atoms with Gasteiger partial charge in [-0.25, -0.2) is 4.79 Å². The van der Waals surface area contributed by atoms with E-state index in [9.17, 15) is 4.79 Å². The number of halogens is 2. The van der Waals surface area contributed by atoms with Crippen molar-refractivity contribution in [3.63, 3.8) is 0 Å². The van der Waals surface area contributed by atoms with Gasteiger partial charge >= 0.3 is 6.09 Å². The molecule has 1 aliphatic heterocycles. The lowest BCUT2D eigenvalue weighted by atomic mass is 9.93. The van der Waals surface area contributed by atoms with Crippen molar-refractivity contribution in [1.29, 1.82) is 0 Å². The van der Waals surface area contributed by atoms with E-state index < -0.39 is 6.09 Å². The molecule has 0 bridgehead atoms. The van der Waals surface area contributed by atoms with Gasteiger partial charge in [-0.3, -0.25) is 4.90 Å². The summed E-state index contributed by atoms with van der Waals surface area (Å²) < 4.78 is 11.9. The second-order valence-corrected chi connectivity index (χ2v) is 9.00. The maximum Gasteiger partial charge on any atom is 0.416 e. The maximum absolute atomic E-state index is 13.3. The molecular formula is C25H20BrClN2O3. The number of nitrogens with zero attached hydrogens (tertiary/aromatic N) is 1. The number of hydrogen-bond donors (Lipinski definition) is 1. The van der Waals surface area contributed by atoms with Gasteiger partial charge in [0.1, 0.15) is 17.5 Å². The summed E-state index contributed by atoms with van der Waals surface area (Å²) in [6, 6.07) is 20.5. The molecule has 0 unspecified atom stereocenters. The minimum Gasteiger partial charge on any atom is -0.497 e. The zero-order valence-electron chi connectivity index (χ0n) is 17.3. The van der Waals surface area contributed by atoms with Crippen molar-refractivity contribution in [2.75, 3.05) is 13.7 Å². The normalized spacial score (nSPS) is 15.5. The maximum atomic E-state index is 13.3. The molecule has 1 atom stereocenters. The number of methoxy groups -OCH3 is 1. The Morgan fingerprint density at radius 2 is 1.78 bits per heavy atom. The van der Waals surface area contributed by atoms with E-state index >= 15 is 0 Å². The van der Waals surface area contributed by atoms with Crippen molar-refractivity contribution in [3.05, 3.63) is 93.0 Å². The number of carbonyl (C=O) groups excluding carboxylic acids is 1. The van der Waals surface area contributed by atoms with Crippen LogP contribution in [0.3, 0.4) is 0 Å². The van der Waals surface area contributed by atoms with E-state index in [1.54, 1.807) is 36.3 Å². The van der Waals surface area contributed by atoms with Crippen molar-refractivity contribution in [3.8, 4) is 11.5 Å². The average Bonchev–Trinajstić information content (AvgIpc) is 3.17. The topological polar surface area (TPSA) is 54.6 Å². The number of nitrogens with one attached hydrogen (secondary N) is 1. The molecule has 2 heterocycles. The van der Waals surface area contributed by atoms with Gasteiger partial charge in [0.25, 0.3) is 0 Å². The number of aromatic nitrogens is 1. The third kappa shape index (κ3) is 3.85. The minimum atomic E-state index is -0.402. The van der Waals surface area contributed by atoms with Crippen LogP contribution in [0.25, 0.3) is 10.9 Å². The quantitative estimate of drug-likeness (QED) is 0.331. The predicted octanol–water partition coefficient (Wildman–Crippen LogP) is 6.74. The molecule has 5 rings (SSSR count). The van der Waals surface area contributed by atoms with Crippen LogP contribution in [0.2, 0.25) is 5.02 Å². The van der Waals surface area contributed by atoms with E-state index in [4.69, 9.17) is 21.1 Å². The van der Waals surface area contributed by atoms with Gasteiger partial charge in [-0.1, -0.05) is 39.7 Å². The highest BCUT2D eigenvalue weighted by Gasteiger charge is 2.35. The smallest absolute Gasteiger partial charge is 0.416 e. The lowest BCUT2D eigenvalue weighted by molar-refractivity contribution is 0.135. The van der Waals surface area contributed by atoms with Gasteiger partial charge in [-0.2, -0.15) is 0 Å². The fourth-order valence-electron chi connectivity index (χ4n) is 4.25. The monoisotopic (exact) mass is 510 g/mol. The van der Waals surface area contributed by atoms with Crippen LogP contribution in [0.4, 0.5) is 4.79 Å². The largest absolute Gasteiger partial charge is 0.497 e. The van der Waals surface area contributed by atoms with Gasteiger partial charge in [0.05, 0.1) is 7.11 Å². The number of fused-ring (bicyclic) bond motifs is 3. The standard InChI is InChI=1S/C25H20BrClN2O3/c1-31-18-7-9-19(10-8-18)32-25(30)29-13-12-20-21-14-16(26)4-11-22(21)28-23(20)24(29)15-2-5-17(27)6-3-15/h2-11,14,24,28H,12-13H2,1H3/t24-/m0/s1. The summed E-state index contributed by atoms with van der Waals surface area (Å²) in [6.45, 7) is 0.536. The Morgan fingerprint density at radius 3 is 2.50 bits per heavy atom. The van der Waals surface area contributed by atoms with E-state index in [0.717, 1.165) is 33.1 Å². The van der Waals surface area contributed by atoms with E-state index in [0.29, 0.717) is 23.1 Å². The van der Waals surface area contributed by atoms with Crippen LogP contribution < -0.4 is 9.47 Å². The molecule has 0 spiro atoms. The number of aromatic amines is 1. The van der Waals surface area contributed by atoms with Crippen LogP contribution in [0.15, 0.2) is 71.2 Å². The number of rotatable bonds is 3. The molecule has 0 fully saturated rings. The fraction of sp³-hybridized carbons (Fsp3) is 0.160. The van der Waals surface area contributed by atoms with Crippen LogP contribution in [0, 0.1) is 0 Å². The van der Waals surface area contributed by atoms with Crippen LogP contribution in [-0.4, -0.2) is 29.6 Å². The van der Waals surface area contributed by atoms with Gasteiger partial charge in [0.2, 0.25) is 0 Å². The molecule has 0 saturated carbocycles. The highest BCUT2D eigenvalue weighted by Crippen LogP contribution is 2.39. The van der Waals surface area contributed by atoms with Gasteiger partial charge in [-0.15, -0.1) is 0 Å². The Hall–Kier alpha value is -2.96. The molecule has 5 nitrogen and oxygen atoms in total. The zero-order valence-corrected chi connectivity index (χ0v) is 19.6. The summed E-state index contributed by atoms with van der Waals surface area (Å²) in [7, 11) is 1.60. The molecule has 1 aromatic heterocycles. The first kappa shape index (κ1) is 20.9. The first-order valence-electron chi connectivity index (χ1n) is 10.2. The van der Waals surface area contributed by atoms with Crippen LogP contribution in [-0.2, 0) is 6.42 Å². The molecule has 1 N–H and O–H groups in total. The summed E-state index contributed by atoms with van der Waals surface area (Å²) >= 11 is 9.71. The Labute approximate surface area is 199 Å². The first-order valence-corrected chi connectivity index (χ1v) is 11.4. The van der Waals surface area contributed by atoms with Crippen LogP contribution in [0.5, 0.6) is 11.5 Å². The van der Waals surface area contributed by atoms with Crippen molar-refractivity contribution in [2.24, 2.45) is 0 Å². The van der Waals surface area contributed by atoms with Gasteiger partial charge in [0, 0.05) is 32.6 Å². The third-order valence-electron chi connectivity index (χ3n) is 5.77. The van der Waals surface area contributed by atoms with Gasteiger partial charge in [0.15, 0.2) is 0 Å². The number of amides is 1. The average molecular weight is 512 g/mol. The summed E-state index contributed by atoms with van der Waals surface area (Å²) in [5.41, 5.74) is 4.23. The summed E-state index contributed by atoms with van der Waals surface area (Å²) in [4.78, 5) is 18.6. The van der Waals surface area contributed by atoms with Crippen LogP contribution >= 0.6 is 27.5 Å². The lowest BCUT2D eigenvalue weighted by Gasteiger charge is -2.35. The van der Waals surface area contributed by atoms with Crippen molar-refractivity contribution < 1.29 is 14.3 Å². The highest BCUT2D eigenvalue weighted by molar-refractivity contribution is 9.10. The molecule has 0 saturated heterocycles. The molecule has 3 aromatic carbocycles. The Bertz CT molecular complexity index is 1290. The molecule has 1 aliphatic rings. The van der Waals surface area contributed by atoms with Crippen molar-refractivity contribution in [1.82, 2.24) is 9.88 Å².